The predicted octanol–water partition coefficient (Wildman–Crippen LogP) is 1.90. The molecule has 1 aliphatic carbocycles. The number of ether oxygens (including phenoxy) is 2. The van der Waals surface area contributed by atoms with Crippen molar-refractivity contribution in [3.8, 4) is 11.4 Å². The molecule has 0 bridgehead atoms. The predicted molar refractivity (Wildman–Crippen MR) is 107 cm³/mol. The summed E-state index contributed by atoms with van der Waals surface area (Å²) < 4.78 is 10.1. The summed E-state index contributed by atoms with van der Waals surface area (Å²) in [5.41, 5.74) is -0.680. The van der Waals surface area contributed by atoms with E-state index in [9.17, 15) is 14.4 Å². The highest BCUT2D eigenvalue weighted by molar-refractivity contribution is 6.02. The van der Waals surface area contributed by atoms with E-state index in [4.69, 9.17) is 9.47 Å². The van der Waals surface area contributed by atoms with Gasteiger partial charge in [-0.15, -0.1) is 0 Å². The highest BCUT2D eigenvalue weighted by atomic mass is 16.6. The van der Waals surface area contributed by atoms with Crippen molar-refractivity contribution in [1.82, 2.24) is 20.6 Å². The van der Waals surface area contributed by atoms with Crippen LogP contribution in [0.5, 0.6) is 0 Å². The first-order chi connectivity index (χ1) is 14.1. The number of rotatable bonds is 4. The average molecular weight is 412 g/mol. The molecular formula is C21H24N4O5. The molecule has 0 radical (unpaired) electrons. The van der Waals surface area contributed by atoms with Crippen LogP contribution in [0.1, 0.15) is 38.8 Å². The molecule has 9 heteroatoms. The summed E-state index contributed by atoms with van der Waals surface area (Å²) in [6, 6.07) is 5.74. The number of carbonyl (C=O) groups excluding carboxylic acids is 3. The first-order valence-corrected chi connectivity index (χ1v) is 9.41. The number of nitrogens with one attached hydrogen (secondary N) is 2. The van der Waals surface area contributed by atoms with Crippen molar-refractivity contribution in [2.24, 2.45) is 0 Å². The van der Waals surface area contributed by atoms with E-state index in [-0.39, 0.29) is 0 Å². The number of hydrogen-bond acceptors (Lipinski definition) is 7. The fourth-order valence-corrected chi connectivity index (χ4v) is 3.37. The zero-order valence-electron chi connectivity index (χ0n) is 17.5. The number of fused-ring (bicyclic) bond motifs is 3. The van der Waals surface area contributed by atoms with Gasteiger partial charge in [0.05, 0.1) is 18.5 Å². The van der Waals surface area contributed by atoms with Crippen LogP contribution in [0.4, 0.5) is 4.79 Å². The van der Waals surface area contributed by atoms with E-state index >= 15 is 0 Å². The van der Waals surface area contributed by atoms with E-state index in [1.807, 2.05) is 0 Å². The molecule has 0 saturated carbocycles. The number of aromatic nitrogens is 2. The van der Waals surface area contributed by atoms with Gasteiger partial charge in [-0.05, 0) is 39.8 Å². The van der Waals surface area contributed by atoms with Crippen LogP contribution in [-0.2, 0) is 24.6 Å². The number of pyridine rings is 2. The maximum atomic E-state index is 13.6. The van der Waals surface area contributed by atoms with Gasteiger partial charge in [0, 0.05) is 23.5 Å². The number of nitrogens with zero attached hydrogens (tertiary/aromatic N) is 2. The van der Waals surface area contributed by atoms with E-state index in [2.05, 4.69) is 20.6 Å². The van der Waals surface area contributed by atoms with Crippen LogP contribution in [0.3, 0.4) is 0 Å². The van der Waals surface area contributed by atoms with Gasteiger partial charge >= 0.3 is 12.1 Å². The van der Waals surface area contributed by atoms with Crippen molar-refractivity contribution >= 4 is 18.0 Å². The Kier molecular flexibility index (Phi) is 5.47. The Morgan fingerprint density at radius 3 is 2.03 bits per heavy atom. The Morgan fingerprint density at radius 2 is 1.57 bits per heavy atom. The van der Waals surface area contributed by atoms with Crippen LogP contribution < -0.4 is 10.6 Å². The summed E-state index contributed by atoms with van der Waals surface area (Å²) in [7, 11) is 1.23. The molecule has 30 heavy (non-hydrogen) atoms. The van der Waals surface area contributed by atoms with Gasteiger partial charge in [-0.2, -0.15) is 0 Å². The lowest BCUT2D eigenvalue weighted by Crippen LogP contribution is -2.59. The lowest BCUT2D eigenvalue weighted by atomic mass is 9.87. The first kappa shape index (κ1) is 21.2. The topological polar surface area (TPSA) is 120 Å². The summed E-state index contributed by atoms with van der Waals surface area (Å²) in [6.07, 6.45) is 2.36. The van der Waals surface area contributed by atoms with Gasteiger partial charge in [-0.1, -0.05) is 12.1 Å². The number of carbonyl (C=O) groups is 3. The molecule has 1 atom stereocenters. The lowest BCUT2D eigenvalue weighted by molar-refractivity contribution is -0.145. The largest absolute Gasteiger partial charge is 0.467 e. The highest BCUT2D eigenvalue weighted by Gasteiger charge is 2.53. The summed E-state index contributed by atoms with van der Waals surface area (Å²) in [4.78, 5) is 47.0. The zero-order valence-corrected chi connectivity index (χ0v) is 17.5. The van der Waals surface area contributed by atoms with Crippen molar-refractivity contribution in [2.75, 3.05) is 7.11 Å². The van der Waals surface area contributed by atoms with Gasteiger partial charge in [0.15, 0.2) is 5.54 Å². The van der Waals surface area contributed by atoms with Crippen molar-refractivity contribution in [3.63, 3.8) is 0 Å². The van der Waals surface area contributed by atoms with Gasteiger partial charge in [0.2, 0.25) is 0 Å². The van der Waals surface area contributed by atoms with E-state index in [0.29, 0.717) is 22.5 Å². The molecule has 0 spiro atoms. The van der Waals surface area contributed by atoms with Crippen LogP contribution >= 0.6 is 0 Å². The van der Waals surface area contributed by atoms with Crippen molar-refractivity contribution in [3.05, 3.63) is 47.8 Å². The monoisotopic (exact) mass is 412 g/mol. The van der Waals surface area contributed by atoms with E-state index in [1.165, 1.54) is 14.0 Å². The molecule has 1 aliphatic rings. The lowest BCUT2D eigenvalue weighted by Gasteiger charge is -2.33. The third kappa shape index (κ3) is 3.70. The van der Waals surface area contributed by atoms with Crippen LogP contribution in [0.15, 0.2) is 36.7 Å². The Morgan fingerprint density at radius 1 is 1.03 bits per heavy atom. The van der Waals surface area contributed by atoms with Crippen LogP contribution in [0.25, 0.3) is 11.4 Å². The Balaban J connectivity index is 2.15. The van der Waals surface area contributed by atoms with Crippen LogP contribution in [-0.4, -0.2) is 46.7 Å². The van der Waals surface area contributed by atoms with Gasteiger partial charge in [0.1, 0.15) is 11.6 Å². The molecule has 2 heterocycles. The summed E-state index contributed by atoms with van der Waals surface area (Å²) in [6.45, 7) is 6.66. The number of hydrogen-bond donors (Lipinski definition) is 2. The van der Waals surface area contributed by atoms with E-state index in [0.717, 1.165) is 0 Å². The highest BCUT2D eigenvalue weighted by Crippen LogP contribution is 2.45. The third-order valence-electron chi connectivity index (χ3n) is 4.58. The molecule has 3 rings (SSSR count). The number of alkyl carbamates (subject to hydrolysis) is 1. The summed E-state index contributed by atoms with van der Waals surface area (Å²) in [5.74, 6) is -1.25. The second kappa shape index (κ2) is 7.74. The maximum absolute atomic E-state index is 13.6. The molecule has 0 aliphatic heterocycles. The fraction of sp³-hybridized carbons (Fsp3) is 0.381. The Labute approximate surface area is 174 Å². The number of esters is 1. The fourth-order valence-electron chi connectivity index (χ4n) is 3.37. The van der Waals surface area contributed by atoms with Crippen LogP contribution in [0, 0.1) is 0 Å². The second-order valence-corrected chi connectivity index (χ2v) is 7.89. The van der Waals surface area contributed by atoms with Gasteiger partial charge in [-0.3, -0.25) is 20.1 Å². The molecule has 0 aromatic carbocycles. The Bertz CT molecular complexity index is 953. The zero-order chi connectivity index (χ0) is 22.1. The van der Waals surface area contributed by atoms with Gasteiger partial charge in [0.25, 0.3) is 5.91 Å². The number of amides is 2. The molecule has 0 unspecified atom stereocenters. The van der Waals surface area contributed by atoms with Gasteiger partial charge < -0.3 is 14.8 Å². The van der Waals surface area contributed by atoms with E-state index < -0.39 is 35.2 Å². The minimum atomic E-state index is -1.68. The van der Waals surface area contributed by atoms with Crippen molar-refractivity contribution < 1.29 is 23.9 Å². The summed E-state index contributed by atoms with van der Waals surface area (Å²) >= 11 is 0. The molecule has 9 nitrogen and oxygen atoms in total. The SMILES string of the molecule is COC(=O)[C@H](C)NC(=O)C1(NC(=O)OC(C)(C)C)c2cccnc2-c2ncccc21. The maximum Gasteiger partial charge on any atom is 0.409 e. The molecule has 158 valence electrons. The molecule has 2 amide bonds. The molecule has 0 saturated heterocycles. The van der Waals surface area contributed by atoms with Gasteiger partial charge in [-0.25, -0.2) is 9.59 Å². The average Bonchev–Trinajstić information content (AvgIpc) is 2.97. The second-order valence-electron chi connectivity index (χ2n) is 7.89. The molecule has 2 aromatic rings. The standard InChI is InChI=1S/C21H24N4O5/c1-12(17(26)29-5)24-18(27)21(25-19(28)30-20(2,3)4)13-8-6-10-22-15(13)16-14(21)9-7-11-23-16/h6-12H,1-5H3,(H,24,27)(H,25,28)/t12-/m0/s1. The molecule has 2 N–H and O–H groups in total. The van der Waals surface area contributed by atoms with Crippen LogP contribution in [0.2, 0.25) is 0 Å². The third-order valence-corrected chi connectivity index (χ3v) is 4.58. The minimum Gasteiger partial charge on any atom is -0.467 e. The smallest absolute Gasteiger partial charge is 0.409 e. The quantitative estimate of drug-likeness (QED) is 0.736. The number of methoxy groups -OCH3 is 1. The van der Waals surface area contributed by atoms with Crippen molar-refractivity contribution in [2.45, 2.75) is 44.9 Å². The molecular weight excluding hydrogens is 388 g/mol. The molecule has 0 fully saturated rings. The summed E-state index contributed by atoms with van der Waals surface area (Å²) in [5, 5.41) is 5.34. The first-order valence-electron chi connectivity index (χ1n) is 9.41. The minimum absolute atomic E-state index is 0.430. The van der Waals surface area contributed by atoms with Crippen molar-refractivity contribution in [1.29, 1.82) is 0 Å². The van der Waals surface area contributed by atoms with E-state index in [1.54, 1.807) is 57.4 Å². The Hall–Kier alpha value is -3.49. The molecule has 2 aromatic heterocycles. The normalized spacial score (nSPS) is 14.7.